The molecule has 0 radical (unpaired) electrons. The molecule has 5 heteroatoms. The fraction of sp³-hybridized carbons (Fsp3) is 1.00. The second-order valence-corrected chi connectivity index (χ2v) is 4.91. The van der Waals surface area contributed by atoms with Gasteiger partial charge in [-0.25, -0.2) is 0 Å². The predicted molar refractivity (Wildman–Crippen MR) is 60.9 cm³/mol. The third-order valence-corrected chi connectivity index (χ3v) is 3.55. The van der Waals surface area contributed by atoms with Crippen LogP contribution in [0.5, 0.6) is 0 Å². The Morgan fingerprint density at radius 1 is 1.35 bits per heavy atom. The summed E-state index contributed by atoms with van der Waals surface area (Å²) in [7, 11) is 0. The minimum atomic E-state index is -4.20. The molecule has 0 aromatic heterocycles. The van der Waals surface area contributed by atoms with Crippen molar-refractivity contribution in [3.8, 4) is 0 Å². The van der Waals surface area contributed by atoms with E-state index < -0.39 is 12.8 Å². The molecular weight excluding hydrogens is 231 g/mol. The minimum absolute atomic E-state index is 0.208. The van der Waals surface area contributed by atoms with Gasteiger partial charge in [-0.05, 0) is 44.6 Å². The van der Waals surface area contributed by atoms with Crippen LogP contribution in [0.15, 0.2) is 0 Å². The van der Waals surface area contributed by atoms with Crippen molar-refractivity contribution < 1.29 is 17.9 Å². The van der Waals surface area contributed by atoms with Crippen LogP contribution in [-0.2, 0) is 4.74 Å². The third kappa shape index (κ3) is 5.25. The van der Waals surface area contributed by atoms with Crippen molar-refractivity contribution in [2.75, 3.05) is 19.8 Å². The molecule has 0 aliphatic heterocycles. The first-order valence-corrected chi connectivity index (χ1v) is 6.27. The van der Waals surface area contributed by atoms with Crippen LogP contribution < -0.4 is 5.32 Å². The van der Waals surface area contributed by atoms with E-state index in [-0.39, 0.29) is 6.61 Å². The summed E-state index contributed by atoms with van der Waals surface area (Å²) in [6, 6.07) is 0.454. The standard InChI is InChI=1S/C12H22F3NO/c1-3-16-10(2)11(6-7-11)5-4-8-17-9-12(13,14)15/h10,16H,3-9H2,1-2H3. The van der Waals surface area contributed by atoms with Crippen LogP contribution in [0.25, 0.3) is 0 Å². The summed E-state index contributed by atoms with van der Waals surface area (Å²) in [5, 5.41) is 3.39. The fourth-order valence-electron chi connectivity index (χ4n) is 2.30. The SMILES string of the molecule is CCNC(C)C1(CCCOCC(F)(F)F)CC1. The van der Waals surface area contributed by atoms with E-state index in [1.165, 1.54) is 12.8 Å². The van der Waals surface area contributed by atoms with Gasteiger partial charge < -0.3 is 10.1 Å². The van der Waals surface area contributed by atoms with E-state index in [4.69, 9.17) is 0 Å². The number of alkyl halides is 3. The van der Waals surface area contributed by atoms with E-state index in [0.29, 0.717) is 17.9 Å². The van der Waals surface area contributed by atoms with Crippen LogP contribution in [0.3, 0.4) is 0 Å². The van der Waals surface area contributed by atoms with E-state index in [1.807, 2.05) is 0 Å². The van der Waals surface area contributed by atoms with Crippen molar-refractivity contribution >= 4 is 0 Å². The van der Waals surface area contributed by atoms with Gasteiger partial charge in [0.15, 0.2) is 0 Å². The first kappa shape index (κ1) is 14.8. The molecule has 1 aliphatic rings. The molecule has 1 N–H and O–H groups in total. The lowest BCUT2D eigenvalue weighted by Crippen LogP contribution is -2.34. The number of hydrogen-bond donors (Lipinski definition) is 1. The van der Waals surface area contributed by atoms with Crippen LogP contribution in [-0.4, -0.2) is 32.0 Å². The van der Waals surface area contributed by atoms with Crippen molar-refractivity contribution in [1.29, 1.82) is 0 Å². The Labute approximate surface area is 101 Å². The predicted octanol–water partition coefficient (Wildman–Crippen LogP) is 3.12. The Bertz CT molecular complexity index is 226. The molecule has 1 rings (SSSR count). The minimum Gasteiger partial charge on any atom is -0.372 e. The molecule has 1 unspecified atom stereocenters. The highest BCUT2D eigenvalue weighted by atomic mass is 19.4. The number of ether oxygens (including phenoxy) is 1. The summed E-state index contributed by atoms with van der Waals surface area (Å²) in [4.78, 5) is 0. The van der Waals surface area contributed by atoms with Gasteiger partial charge in [-0.2, -0.15) is 13.2 Å². The number of nitrogens with one attached hydrogen (secondary N) is 1. The van der Waals surface area contributed by atoms with Gasteiger partial charge in [-0.1, -0.05) is 6.92 Å². The topological polar surface area (TPSA) is 21.3 Å². The molecule has 1 atom stereocenters. The van der Waals surface area contributed by atoms with Gasteiger partial charge in [0.2, 0.25) is 0 Å². The molecule has 0 amide bonds. The lowest BCUT2D eigenvalue weighted by molar-refractivity contribution is -0.174. The smallest absolute Gasteiger partial charge is 0.372 e. The summed E-state index contributed by atoms with van der Waals surface area (Å²) in [6.07, 6.45) is -0.167. The van der Waals surface area contributed by atoms with Crippen molar-refractivity contribution in [3.05, 3.63) is 0 Å². The zero-order valence-electron chi connectivity index (χ0n) is 10.6. The third-order valence-electron chi connectivity index (χ3n) is 3.55. The Morgan fingerprint density at radius 2 is 2.00 bits per heavy atom. The van der Waals surface area contributed by atoms with Gasteiger partial charge in [-0.15, -0.1) is 0 Å². The van der Waals surface area contributed by atoms with Crippen molar-refractivity contribution in [2.24, 2.45) is 5.41 Å². The van der Waals surface area contributed by atoms with Crippen LogP contribution in [0, 0.1) is 5.41 Å². The average Bonchev–Trinajstić information content (AvgIpc) is 2.97. The molecule has 0 bridgehead atoms. The lowest BCUT2D eigenvalue weighted by Gasteiger charge is -2.24. The largest absolute Gasteiger partial charge is 0.411 e. The number of hydrogen-bond acceptors (Lipinski definition) is 2. The second-order valence-electron chi connectivity index (χ2n) is 4.91. The van der Waals surface area contributed by atoms with Crippen molar-refractivity contribution in [1.82, 2.24) is 5.32 Å². The molecule has 0 heterocycles. The van der Waals surface area contributed by atoms with Gasteiger partial charge in [0.25, 0.3) is 0 Å². The van der Waals surface area contributed by atoms with Crippen molar-refractivity contribution in [2.45, 2.75) is 51.7 Å². The first-order chi connectivity index (χ1) is 7.90. The maximum absolute atomic E-state index is 11.8. The monoisotopic (exact) mass is 253 g/mol. The average molecular weight is 253 g/mol. The number of rotatable bonds is 8. The molecule has 0 aromatic rings. The fourth-order valence-corrected chi connectivity index (χ4v) is 2.30. The van der Waals surface area contributed by atoms with E-state index in [0.717, 1.165) is 13.0 Å². The maximum Gasteiger partial charge on any atom is 0.411 e. The Hall–Kier alpha value is -0.290. The summed E-state index contributed by atoms with van der Waals surface area (Å²) in [6.45, 7) is 4.25. The molecule has 0 spiro atoms. The van der Waals surface area contributed by atoms with E-state index in [1.54, 1.807) is 0 Å². The summed E-state index contributed by atoms with van der Waals surface area (Å²) >= 11 is 0. The molecule has 0 saturated heterocycles. The summed E-state index contributed by atoms with van der Waals surface area (Å²) < 4.78 is 40.1. The van der Waals surface area contributed by atoms with E-state index >= 15 is 0 Å². The lowest BCUT2D eigenvalue weighted by atomic mass is 9.92. The van der Waals surface area contributed by atoms with Gasteiger partial charge in [0.1, 0.15) is 6.61 Å². The maximum atomic E-state index is 11.8. The molecule has 17 heavy (non-hydrogen) atoms. The van der Waals surface area contributed by atoms with E-state index in [2.05, 4.69) is 23.9 Å². The highest BCUT2D eigenvalue weighted by Crippen LogP contribution is 2.52. The second kappa shape index (κ2) is 6.05. The molecule has 0 aromatic carbocycles. The molecule has 1 aliphatic carbocycles. The quantitative estimate of drug-likeness (QED) is 0.671. The molecule has 102 valence electrons. The van der Waals surface area contributed by atoms with Crippen LogP contribution in [0.4, 0.5) is 13.2 Å². The summed E-state index contributed by atoms with van der Waals surface area (Å²) in [5.74, 6) is 0. The van der Waals surface area contributed by atoms with Crippen LogP contribution >= 0.6 is 0 Å². The Morgan fingerprint density at radius 3 is 2.47 bits per heavy atom. The molecule has 1 fully saturated rings. The Balaban J connectivity index is 2.10. The van der Waals surface area contributed by atoms with Gasteiger partial charge in [-0.3, -0.25) is 0 Å². The van der Waals surface area contributed by atoms with Crippen molar-refractivity contribution in [3.63, 3.8) is 0 Å². The zero-order valence-corrected chi connectivity index (χ0v) is 10.6. The highest BCUT2D eigenvalue weighted by Gasteiger charge is 2.46. The first-order valence-electron chi connectivity index (χ1n) is 6.27. The van der Waals surface area contributed by atoms with Crippen LogP contribution in [0.2, 0.25) is 0 Å². The highest BCUT2D eigenvalue weighted by molar-refractivity contribution is 4.99. The normalized spacial score (nSPS) is 20.3. The molecular formula is C12H22F3NO. The zero-order chi connectivity index (χ0) is 12.9. The Kier molecular flexibility index (Phi) is 5.25. The molecule has 2 nitrogen and oxygen atoms in total. The molecule has 1 saturated carbocycles. The van der Waals surface area contributed by atoms with Crippen LogP contribution in [0.1, 0.15) is 39.5 Å². The van der Waals surface area contributed by atoms with Gasteiger partial charge in [0.05, 0.1) is 0 Å². The van der Waals surface area contributed by atoms with Gasteiger partial charge >= 0.3 is 6.18 Å². The number of halogens is 3. The van der Waals surface area contributed by atoms with E-state index in [9.17, 15) is 13.2 Å². The summed E-state index contributed by atoms with van der Waals surface area (Å²) in [5.41, 5.74) is 0.317. The van der Waals surface area contributed by atoms with Gasteiger partial charge in [0, 0.05) is 12.6 Å².